The lowest BCUT2D eigenvalue weighted by Gasteiger charge is -2.14. The highest BCUT2D eigenvalue weighted by molar-refractivity contribution is 9.10. The van der Waals surface area contributed by atoms with Crippen LogP contribution in [0.4, 0.5) is 0 Å². The Morgan fingerprint density at radius 3 is 2.65 bits per heavy atom. The van der Waals surface area contributed by atoms with E-state index < -0.39 is 15.2 Å². The van der Waals surface area contributed by atoms with Crippen LogP contribution in [-0.2, 0) is 10.0 Å². The maximum absolute atomic E-state index is 11.3. The number of nitrogens with one attached hydrogen (secondary N) is 1. The standard InChI is InChI=1S/C10H13BrClNO3S/c1-7(13-17(14,15)6-12)8-3-4-10(16-2)9(11)5-8/h3-5,7,13H,6H2,1-2H3. The van der Waals surface area contributed by atoms with E-state index in [9.17, 15) is 8.42 Å². The van der Waals surface area contributed by atoms with Crippen molar-refractivity contribution >= 4 is 37.6 Å². The van der Waals surface area contributed by atoms with E-state index in [1.807, 2.05) is 0 Å². The number of ether oxygens (including phenoxy) is 1. The van der Waals surface area contributed by atoms with E-state index in [2.05, 4.69) is 20.7 Å². The summed E-state index contributed by atoms with van der Waals surface area (Å²) in [6.07, 6.45) is 0. The van der Waals surface area contributed by atoms with Crippen LogP contribution in [0, 0.1) is 0 Å². The maximum atomic E-state index is 11.3. The quantitative estimate of drug-likeness (QED) is 0.837. The first-order chi connectivity index (χ1) is 7.89. The number of alkyl halides is 1. The zero-order valence-electron chi connectivity index (χ0n) is 9.41. The van der Waals surface area contributed by atoms with Gasteiger partial charge in [0.25, 0.3) is 0 Å². The molecule has 1 aromatic carbocycles. The van der Waals surface area contributed by atoms with E-state index >= 15 is 0 Å². The topological polar surface area (TPSA) is 55.4 Å². The van der Waals surface area contributed by atoms with Crippen molar-refractivity contribution in [1.82, 2.24) is 4.72 Å². The maximum Gasteiger partial charge on any atom is 0.226 e. The molecule has 1 unspecified atom stereocenters. The van der Waals surface area contributed by atoms with Crippen molar-refractivity contribution in [2.24, 2.45) is 0 Å². The first-order valence-corrected chi connectivity index (χ1v) is 7.77. The van der Waals surface area contributed by atoms with E-state index in [0.717, 1.165) is 10.0 Å². The molecule has 0 bridgehead atoms. The van der Waals surface area contributed by atoms with Gasteiger partial charge in [-0.3, -0.25) is 0 Å². The summed E-state index contributed by atoms with van der Waals surface area (Å²) in [4.78, 5) is 0. The van der Waals surface area contributed by atoms with E-state index in [0.29, 0.717) is 5.75 Å². The third kappa shape index (κ3) is 4.13. The third-order valence-electron chi connectivity index (χ3n) is 2.18. The second-order valence-electron chi connectivity index (χ2n) is 3.46. The summed E-state index contributed by atoms with van der Waals surface area (Å²) < 4.78 is 31.0. The normalized spacial score (nSPS) is 13.4. The first-order valence-electron chi connectivity index (χ1n) is 4.79. The van der Waals surface area contributed by atoms with Gasteiger partial charge >= 0.3 is 0 Å². The summed E-state index contributed by atoms with van der Waals surface area (Å²) in [6.45, 7) is 1.75. The fourth-order valence-electron chi connectivity index (χ4n) is 1.32. The van der Waals surface area contributed by atoms with Crippen LogP contribution in [0.1, 0.15) is 18.5 Å². The molecule has 1 N–H and O–H groups in total. The molecule has 0 saturated carbocycles. The van der Waals surface area contributed by atoms with Crippen molar-refractivity contribution < 1.29 is 13.2 Å². The highest BCUT2D eigenvalue weighted by Crippen LogP contribution is 2.28. The summed E-state index contributed by atoms with van der Waals surface area (Å²) in [5, 5.41) is -0.450. The Labute approximate surface area is 114 Å². The molecule has 0 aliphatic carbocycles. The number of methoxy groups -OCH3 is 1. The van der Waals surface area contributed by atoms with E-state index in [-0.39, 0.29) is 6.04 Å². The molecule has 0 radical (unpaired) electrons. The van der Waals surface area contributed by atoms with Gasteiger partial charge in [-0.2, -0.15) is 0 Å². The second kappa shape index (κ2) is 6.04. The highest BCUT2D eigenvalue weighted by Gasteiger charge is 2.15. The van der Waals surface area contributed by atoms with Crippen LogP contribution in [0.25, 0.3) is 0 Å². The molecule has 4 nitrogen and oxygen atoms in total. The highest BCUT2D eigenvalue weighted by atomic mass is 79.9. The Bertz CT molecular complexity index is 492. The predicted octanol–water partition coefficient (Wildman–Crippen LogP) is 2.63. The Morgan fingerprint density at radius 2 is 2.18 bits per heavy atom. The van der Waals surface area contributed by atoms with Gasteiger partial charge in [0.2, 0.25) is 10.0 Å². The molecule has 0 aromatic heterocycles. The lowest BCUT2D eigenvalue weighted by molar-refractivity contribution is 0.412. The average molecular weight is 343 g/mol. The van der Waals surface area contributed by atoms with Gasteiger partial charge in [-0.25, -0.2) is 13.1 Å². The smallest absolute Gasteiger partial charge is 0.226 e. The number of benzene rings is 1. The molecule has 1 atom stereocenters. The molecule has 0 aliphatic rings. The van der Waals surface area contributed by atoms with Crippen molar-refractivity contribution in [3.63, 3.8) is 0 Å². The Kier molecular flexibility index (Phi) is 5.24. The Morgan fingerprint density at radius 1 is 1.53 bits per heavy atom. The number of sulfonamides is 1. The van der Waals surface area contributed by atoms with Gasteiger partial charge in [0.05, 0.1) is 11.6 Å². The molecule has 0 saturated heterocycles. The zero-order valence-corrected chi connectivity index (χ0v) is 12.6. The first kappa shape index (κ1) is 14.8. The fourth-order valence-corrected chi connectivity index (χ4v) is 2.81. The van der Waals surface area contributed by atoms with Crippen LogP contribution < -0.4 is 9.46 Å². The summed E-state index contributed by atoms with van der Waals surface area (Å²) >= 11 is 8.67. The van der Waals surface area contributed by atoms with Crippen molar-refractivity contribution in [2.45, 2.75) is 13.0 Å². The molecule has 17 heavy (non-hydrogen) atoms. The Hall–Kier alpha value is -0.300. The third-order valence-corrected chi connectivity index (χ3v) is 4.66. The van der Waals surface area contributed by atoms with Gasteiger partial charge in [0.15, 0.2) is 0 Å². The molecule has 7 heteroatoms. The molecule has 0 heterocycles. The van der Waals surface area contributed by atoms with Gasteiger partial charge in [-0.15, -0.1) is 11.6 Å². The lowest BCUT2D eigenvalue weighted by atomic mass is 10.1. The summed E-state index contributed by atoms with van der Waals surface area (Å²) in [6, 6.07) is 5.02. The summed E-state index contributed by atoms with van der Waals surface area (Å²) in [7, 11) is -1.86. The van der Waals surface area contributed by atoms with Gasteiger partial charge in [-0.1, -0.05) is 6.07 Å². The van der Waals surface area contributed by atoms with Gasteiger partial charge in [0, 0.05) is 6.04 Å². The minimum Gasteiger partial charge on any atom is -0.496 e. The second-order valence-corrected chi connectivity index (χ2v) is 6.65. The van der Waals surface area contributed by atoms with E-state index in [4.69, 9.17) is 16.3 Å². The zero-order chi connectivity index (χ0) is 13.1. The van der Waals surface area contributed by atoms with Crippen LogP contribution in [0.15, 0.2) is 22.7 Å². The van der Waals surface area contributed by atoms with Crippen LogP contribution in [-0.4, -0.2) is 20.7 Å². The summed E-state index contributed by atoms with van der Waals surface area (Å²) in [5.41, 5.74) is 0.825. The van der Waals surface area contributed by atoms with Crippen LogP contribution in [0.5, 0.6) is 5.75 Å². The van der Waals surface area contributed by atoms with E-state index in [1.54, 1.807) is 32.2 Å². The predicted molar refractivity (Wildman–Crippen MR) is 71.9 cm³/mol. The molecule has 96 valence electrons. The number of hydrogen-bond donors (Lipinski definition) is 1. The van der Waals surface area contributed by atoms with Crippen LogP contribution in [0.2, 0.25) is 0 Å². The SMILES string of the molecule is COc1ccc(C(C)NS(=O)(=O)CCl)cc1Br. The Balaban J connectivity index is 2.90. The molecular formula is C10H13BrClNO3S. The van der Waals surface area contributed by atoms with Crippen molar-refractivity contribution in [1.29, 1.82) is 0 Å². The van der Waals surface area contributed by atoms with Crippen LogP contribution >= 0.6 is 27.5 Å². The minimum atomic E-state index is -3.43. The van der Waals surface area contributed by atoms with Gasteiger partial charge < -0.3 is 4.74 Å². The molecule has 0 amide bonds. The molecule has 1 aromatic rings. The van der Waals surface area contributed by atoms with Gasteiger partial charge in [0.1, 0.15) is 11.0 Å². The minimum absolute atomic E-state index is 0.346. The van der Waals surface area contributed by atoms with Gasteiger partial charge in [-0.05, 0) is 40.5 Å². The van der Waals surface area contributed by atoms with Crippen LogP contribution in [0.3, 0.4) is 0 Å². The molecule has 0 fully saturated rings. The molecule has 0 aliphatic heterocycles. The number of hydrogen-bond acceptors (Lipinski definition) is 3. The van der Waals surface area contributed by atoms with Crippen molar-refractivity contribution in [2.75, 3.05) is 12.3 Å². The number of rotatable bonds is 5. The molecular weight excluding hydrogens is 330 g/mol. The number of halogens is 2. The lowest BCUT2D eigenvalue weighted by Crippen LogP contribution is -2.27. The molecule has 1 rings (SSSR count). The monoisotopic (exact) mass is 341 g/mol. The summed E-state index contributed by atoms with van der Waals surface area (Å²) in [5.74, 6) is 0.696. The van der Waals surface area contributed by atoms with Crippen molar-refractivity contribution in [3.8, 4) is 5.75 Å². The average Bonchev–Trinajstić information content (AvgIpc) is 2.28. The largest absolute Gasteiger partial charge is 0.496 e. The molecule has 0 spiro atoms. The van der Waals surface area contributed by atoms with E-state index in [1.165, 1.54) is 0 Å². The fraction of sp³-hybridized carbons (Fsp3) is 0.400. The van der Waals surface area contributed by atoms with Crippen molar-refractivity contribution in [3.05, 3.63) is 28.2 Å².